The third kappa shape index (κ3) is 3.60. The highest BCUT2D eigenvalue weighted by molar-refractivity contribution is 6.03. The van der Waals surface area contributed by atoms with Crippen LogP contribution in [0.25, 0.3) is 11.3 Å². The summed E-state index contributed by atoms with van der Waals surface area (Å²) < 4.78 is 18.5. The average molecular weight is 325 g/mol. The standard InChI is InChI=1S/C18H16FN3O2/c1-2-24-15-8-6-12(7-9-15)16-11-17(22-21-16)18(23)20-14-5-3-4-13(19)10-14/h3-11H,2H2,1H3,(H,20,23)(H,21,22). The van der Waals surface area contributed by atoms with Gasteiger partial charge in [-0.2, -0.15) is 5.10 Å². The van der Waals surface area contributed by atoms with E-state index in [4.69, 9.17) is 4.74 Å². The van der Waals surface area contributed by atoms with Crippen molar-refractivity contribution in [2.75, 3.05) is 11.9 Å². The Hall–Kier alpha value is -3.15. The predicted molar refractivity (Wildman–Crippen MR) is 89.5 cm³/mol. The quantitative estimate of drug-likeness (QED) is 0.748. The van der Waals surface area contributed by atoms with Gasteiger partial charge in [0.2, 0.25) is 0 Å². The smallest absolute Gasteiger partial charge is 0.273 e. The highest BCUT2D eigenvalue weighted by Gasteiger charge is 2.11. The van der Waals surface area contributed by atoms with Gasteiger partial charge in [-0.05, 0) is 55.5 Å². The molecule has 2 N–H and O–H groups in total. The van der Waals surface area contributed by atoms with Crippen LogP contribution in [0, 0.1) is 5.82 Å². The molecule has 0 aliphatic heterocycles. The number of ether oxygens (including phenoxy) is 1. The van der Waals surface area contributed by atoms with E-state index in [2.05, 4.69) is 15.5 Å². The van der Waals surface area contributed by atoms with Crippen molar-refractivity contribution in [2.45, 2.75) is 6.92 Å². The molecule has 1 aromatic heterocycles. The number of carbonyl (C=O) groups is 1. The first kappa shape index (κ1) is 15.7. The number of aromatic nitrogens is 2. The van der Waals surface area contributed by atoms with E-state index in [1.54, 1.807) is 12.1 Å². The number of aromatic amines is 1. The van der Waals surface area contributed by atoms with Crippen LogP contribution in [-0.2, 0) is 0 Å². The van der Waals surface area contributed by atoms with Crippen molar-refractivity contribution in [3.63, 3.8) is 0 Å². The predicted octanol–water partition coefficient (Wildman–Crippen LogP) is 3.87. The fourth-order valence-corrected chi connectivity index (χ4v) is 2.24. The van der Waals surface area contributed by atoms with Gasteiger partial charge in [0.25, 0.3) is 5.91 Å². The summed E-state index contributed by atoms with van der Waals surface area (Å²) in [6.07, 6.45) is 0. The van der Waals surface area contributed by atoms with Crippen molar-refractivity contribution >= 4 is 11.6 Å². The van der Waals surface area contributed by atoms with E-state index in [1.165, 1.54) is 18.2 Å². The number of amides is 1. The zero-order chi connectivity index (χ0) is 16.9. The molecule has 0 saturated heterocycles. The Bertz CT molecular complexity index is 843. The lowest BCUT2D eigenvalue weighted by molar-refractivity contribution is 0.102. The van der Waals surface area contributed by atoms with Crippen LogP contribution in [0.5, 0.6) is 5.75 Å². The second kappa shape index (κ2) is 6.95. The van der Waals surface area contributed by atoms with Gasteiger partial charge >= 0.3 is 0 Å². The van der Waals surface area contributed by atoms with Crippen molar-refractivity contribution in [1.82, 2.24) is 10.2 Å². The van der Waals surface area contributed by atoms with Gasteiger partial charge in [0.05, 0.1) is 12.3 Å². The van der Waals surface area contributed by atoms with E-state index < -0.39 is 5.82 Å². The topological polar surface area (TPSA) is 67.0 Å². The molecule has 0 radical (unpaired) electrons. The molecular weight excluding hydrogens is 309 g/mol. The molecule has 6 heteroatoms. The molecule has 0 saturated carbocycles. The first-order valence-corrected chi connectivity index (χ1v) is 7.51. The summed E-state index contributed by atoms with van der Waals surface area (Å²) in [7, 11) is 0. The number of nitrogens with one attached hydrogen (secondary N) is 2. The maximum Gasteiger partial charge on any atom is 0.273 e. The molecular formula is C18H16FN3O2. The van der Waals surface area contributed by atoms with Crippen molar-refractivity contribution in [1.29, 1.82) is 0 Å². The van der Waals surface area contributed by atoms with Crippen LogP contribution < -0.4 is 10.1 Å². The molecule has 0 aliphatic carbocycles. The number of nitrogens with zero attached hydrogens (tertiary/aromatic N) is 1. The van der Waals surface area contributed by atoms with Gasteiger partial charge in [0, 0.05) is 11.3 Å². The molecule has 3 aromatic rings. The molecule has 0 unspecified atom stereocenters. The second-order valence-corrected chi connectivity index (χ2v) is 5.09. The lowest BCUT2D eigenvalue weighted by Gasteiger charge is -2.03. The summed E-state index contributed by atoms with van der Waals surface area (Å²) in [4.78, 5) is 12.2. The Morgan fingerprint density at radius 2 is 2.00 bits per heavy atom. The fraction of sp³-hybridized carbons (Fsp3) is 0.111. The molecule has 0 atom stereocenters. The first-order chi connectivity index (χ1) is 11.7. The fourth-order valence-electron chi connectivity index (χ4n) is 2.24. The summed E-state index contributed by atoms with van der Waals surface area (Å²) >= 11 is 0. The maximum atomic E-state index is 13.2. The summed E-state index contributed by atoms with van der Waals surface area (Å²) in [5.74, 6) is -0.0152. The normalized spacial score (nSPS) is 10.4. The second-order valence-electron chi connectivity index (χ2n) is 5.09. The molecule has 1 amide bonds. The molecule has 5 nitrogen and oxygen atoms in total. The Morgan fingerprint density at radius 1 is 1.21 bits per heavy atom. The molecule has 0 fully saturated rings. The van der Waals surface area contributed by atoms with Crippen molar-refractivity contribution in [2.24, 2.45) is 0 Å². The summed E-state index contributed by atoms with van der Waals surface area (Å²) in [6.45, 7) is 2.53. The minimum absolute atomic E-state index is 0.295. The van der Waals surface area contributed by atoms with Gasteiger partial charge in [-0.25, -0.2) is 4.39 Å². The molecule has 0 aliphatic rings. The van der Waals surface area contributed by atoms with Crippen LogP contribution in [-0.4, -0.2) is 22.7 Å². The van der Waals surface area contributed by atoms with Crippen molar-refractivity contribution in [3.8, 4) is 17.0 Å². The highest BCUT2D eigenvalue weighted by atomic mass is 19.1. The van der Waals surface area contributed by atoms with Crippen LogP contribution in [0.15, 0.2) is 54.6 Å². The van der Waals surface area contributed by atoms with Crippen LogP contribution in [0.1, 0.15) is 17.4 Å². The molecule has 3 rings (SSSR count). The zero-order valence-electron chi connectivity index (χ0n) is 13.0. The molecule has 0 bridgehead atoms. The van der Waals surface area contributed by atoms with Crippen LogP contribution >= 0.6 is 0 Å². The van der Waals surface area contributed by atoms with Gasteiger partial charge in [-0.15, -0.1) is 0 Å². The molecule has 24 heavy (non-hydrogen) atoms. The molecule has 1 heterocycles. The van der Waals surface area contributed by atoms with Gasteiger partial charge < -0.3 is 10.1 Å². The largest absolute Gasteiger partial charge is 0.494 e. The number of H-pyrrole nitrogens is 1. The number of anilines is 1. The van der Waals surface area contributed by atoms with Crippen molar-refractivity contribution < 1.29 is 13.9 Å². The minimum Gasteiger partial charge on any atom is -0.494 e. The van der Waals surface area contributed by atoms with E-state index in [-0.39, 0.29) is 5.91 Å². The van der Waals surface area contributed by atoms with Crippen molar-refractivity contribution in [3.05, 3.63) is 66.1 Å². The third-order valence-corrected chi connectivity index (χ3v) is 3.37. The Kier molecular flexibility index (Phi) is 4.56. The number of halogens is 1. The number of hydrogen-bond acceptors (Lipinski definition) is 3. The summed E-state index contributed by atoms with van der Waals surface area (Å²) in [5, 5.41) is 9.45. The van der Waals surface area contributed by atoms with Crippen LogP contribution in [0.4, 0.5) is 10.1 Å². The molecule has 2 aromatic carbocycles. The Balaban J connectivity index is 1.73. The molecule has 122 valence electrons. The van der Waals surface area contributed by atoms with E-state index in [0.717, 1.165) is 11.3 Å². The van der Waals surface area contributed by atoms with Gasteiger partial charge in [0.15, 0.2) is 0 Å². The summed E-state index contributed by atoms with van der Waals surface area (Å²) in [5.41, 5.74) is 2.18. The maximum absolute atomic E-state index is 13.2. The Morgan fingerprint density at radius 3 is 2.71 bits per heavy atom. The Labute approximate surface area is 138 Å². The van der Waals surface area contributed by atoms with Crippen LogP contribution in [0.2, 0.25) is 0 Å². The number of hydrogen-bond donors (Lipinski definition) is 2. The minimum atomic E-state index is -0.410. The van der Waals surface area contributed by atoms with Crippen LogP contribution in [0.3, 0.4) is 0 Å². The van der Waals surface area contributed by atoms with E-state index in [1.807, 2.05) is 31.2 Å². The lowest BCUT2D eigenvalue weighted by Crippen LogP contribution is -2.12. The molecule has 0 spiro atoms. The monoisotopic (exact) mass is 325 g/mol. The van der Waals surface area contributed by atoms with E-state index >= 15 is 0 Å². The zero-order valence-corrected chi connectivity index (χ0v) is 13.0. The number of benzene rings is 2. The van der Waals surface area contributed by atoms with Gasteiger partial charge in [-0.1, -0.05) is 6.07 Å². The SMILES string of the molecule is CCOc1ccc(-c2cc(C(=O)Nc3cccc(F)c3)[nH]n2)cc1. The lowest BCUT2D eigenvalue weighted by atomic mass is 10.1. The summed E-state index contributed by atoms with van der Waals surface area (Å²) in [6, 6.07) is 14.8. The van der Waals surface area contributed by atoms with Gasteiger partial charge in [-0.3, -0.25) is 9.89 Å². The van der Waals surface area contributed by atoms with E-state index in [9.17, 15) is 9.18 Å². The van der Waals surface area contributed by atoms with E-state index in [0.29, 0.717) is 23.7 Å². The highest BCUT2D eigenvalue weighted by Crippen LogP contribution is 2.21. The van der Waals surface area contributed by atoms with Gasteiger partial charge in [0.1, 0.15) is 17.3 Å². The third-order valence-electron chi connectivity index (χ3n) is 3.37. The number of rotatable bonds is 5. The number of carbonyl (C=O) groups excluding carboxylic acids is 1. The first-order valence-electron chi connectivity index (χ1n) is 7.51. The average Bonchev–Trinajstić information content (AvgIpc) is 3.06.